The minimum Gasteiger partial charge on any atom is -0.301 e. The van der Waals surface area contributed by atoms with Crippen LogP contribution in [0.15, 0.2) is 29.2 Å². The van der Waals surface area contributed by atoms with Crippen molar-refractivity contribution in [3.05, 3.63) is 29.8 Å². The van der Waals surface area contributed by atoms with Crippen molar-refractivity contribution in [3.8, 4) is 0 Å². The van der Waals surface area contributed by atoms with Gasteiger partial charge in [0.1, 0.15) is 0 Å². The summed E-state index contributed by atoms with van der Waals surface area (Å²) in [6, 6.07) is 6.83. The van der Waals surface area contributed by atoms with E-state index in [1.54, 1.807) is 28.6 Å². The molecular formula is C14H21ClN2O2S. The molecule has 1 fully saturated rings. The van der Waals surface area contributed by atoms with Gasteiger partial charge in [-0.25, -0.2) is 8.42 Å². The Kier molecular flexibility index (Phi) is 5.43. The number of sulfonamides is 1. The van der Waals surface area contributed by atoms with Crippen molar-refractivity contribution in [1.82, 2.24) is 9.21 Å². The molecule has 0 saturated carbocycles. The third-order valence-corrected chi connectivity index (χ3v) is 5.81. The predicted octanol–water partition coefficient (Wildman–Crippen LogP) is 2.14. The highest BCUT2D eigenvalue weighted by Gasteiger charge is 2.27. The summed E-state index contributed by atoms with van der Waals surface area (Å²) >= 11 is 5.72. The second kappa shape index (κ2) is 6.89. The van der Waals surface area contributed by atoms with Gasteiger partial charge < -0.3 is 4.90 Å². The lowest BCUT2D eigenvalue weighted by Crippen LogP contribution is -2.48. The number of rotatable bonds is 5. The molecule has 0 N–H and O–H groups in total. The van der Waals surface area contributed by atoms with Gasteiger partial charge in [-0.2, -0.15) is 4.31 Å². The number of benzene rings is 1. The minimum atomic E-state index is -3.36. The summed E-state index contributed by atoms with van der Waals surface area (Å²) in [5.74, 6) is 0.399. The van der Waals surface area contributed by atoms with E-state index in [-0.39, 0.29) is 0 Å². The number of alkyl halides is 1. The Bertz CT molecular complexity index is 523. The van der Waals surface area contributed by atoms with Gasteiger partial charge in [-0.05, 0) is 30.7 Å². The molecule has 0 aliphatic carbocycles. The van der Waals surface area contributed by atoms with E-state index < -0.39 is 10.0 Å². The highest BCUT2D eigenvalue weighted by molar-refractivity contribution is 7.89. The van der Waals surface area contributed by atoms with Crippen LogP contribution in [0.25, 0.3) is 0 Å². The topological polar surface area (TPSA) is 40.6 Å². The fraction of sp³-hybridized carbons (Fsp3) is 0.571. The normalized spacial score (nSPS) is 18.3. The van der Waals surface area contributed by atoms with Crippen LogP contribution in [0.3, 0.4) is 0 Å². The number of halogens is 1. The molecule has 1 aliphatic rings. The van der Waals surface area contributed by atoms with E-state index in [1.807, 2.05) is 0 Å². The van der Waals surface area contributed by atoms with Crippen LogP contribution >= 0.6 is 11.6 Å². The van der Waals surface area contributed by atoms with E-state index in [0.717, 1.165) is 31.6 Å². The maximum absolute atomic E-state index is 12.5. The van der Waals surface area contributed by atoms with Crippen molar-refractivity contribution in [2.75, 3.05) is 32.7 Å². The monoisotopic (exact) mass is 316 g/mol. The molecule has 0 radical (unpaired) electrons. The number of hydrogen-bond donors (Lipinski definition) is 0. The maximum atomic E-state index is 12.5. The second-order valence-corrected chi connectivity index (χ2v) is 7.23. The lowest BCUT2D eigenvalue weighted by Gasteiger charge is -2.33. The highest BCUT2D eigenvalue weighted by atomic mass is 35.5. The summed E-state index contributed by atoms with van der Waals surface area (Å²) in [5, 5.41) is 0. The Labute approximate surface area is 126 Å². The van der Waals surface area contributed by atoms with E-state index in [0.29, 0.717) is 23.9 Å². The van der Waals surface area contributed by atoms with Crippen molar-refractivity contribution >= 4 is 21.6 Å². The third kappa shape index (κ3) is 3.52. The molecule has 20 heavy (non-hydrogen) atoms. The van der Waals surface area contributed by atoms with Crippen LogP contribution in [0.2, 0.25) is 0 Å². The zero-order valence-corrected chi connectivity index (χ0v) is 13.3. The summed E-state index contributed by atoms with van der Waals surface area (Å²) in [6.45, 7) is 5.94. The SMILES string of the molecule is CCCN1CCN(S(=O)(=O)c2ccc(CCl)cc2)CC1. The van der Waals surface area contributed by atoms with Crippen molar-refractivity contribution in [3.63, 3.8) is 0 Å². The van der Waals surface area contributed by atoms with Crippen LogP contribution in [0.1, 0.15) is 18.9 Å². The number of hydrogen-bond acceptors (Lipinski definition) is 3. The van der Waals surface area contributed by atoms with Gasteiger partial charge in [0, 0.05) is 32.1 Å². The molecule has 4 nitrogen and oxygen atoms in total. The predicted molar refractivity (Wildman–Crippen MR) is 81.5 cm³/mol. The molecule has 1 heterocycles. The van der Waals surface area contributed by atoms with E-state index in [1.165, 1.54) is 0 Å². The zero-order valence-electron chi connectivity index (χ0n) is 11.8. The van der Waals surface area contributed by atoms with Crippen LogP contribution in [0.5, 0.6) is 0 Å². The second-order valence-electron chi connectivity index (χ2n) is 5.02. The molecule has 0 aromatic heterocycles. The van der Waals surface area contributed by atoms with Gasteiger partial charge in [0.2, 0.25) is 10.0 Å². The molecule has 1 aliphatic heterocycles. The molecule has 0 spiro atoms. The Hall–Kier alpha value is -0.620. The molecule has 112 valence electrons. The first kappa shape index (κ1) is 15.8. The van der Waals surface area contributed by atoms with Gasteiger partial charge in [-0.15, -0.1) is 11.6 Å². The number of nitrogens with zero attached hydrogens (tertiary/aromatic N) is 2. The highest BCUT2D eigenvalue weighted by Crippen LogP contribution is 2.18. The van der Waals surface area contributed by atoms with E-state index >= 15 is 0 Å². The summed E-state index contributed by atoms with van der Waals surface area (Å²) in [4.78, 5) is 2.66. The summed E-state index contributed by atoms with van der Waals surface area (Å²) < 4.78 is 26.6. The largest absolute Gasteiger partial charge is 0.301 e. The summed E-state index contributed by atoms with van der Waals surface area (Å²) in [6.07, 6.45) is 1.10. The van der Waals surface area contributed by atoms with Crippen molar-refractivity contribution < 1.29 is 8.42 Å². The molecular weight excluding hydrogens is 296 g/mol. The summed E-state index contributed by atoms with van der Waals surface area (Å²) in [7, 11) is -3.36. The van der Waals surface area contributed by atoms with Crippen molar-refractivity contribution in [2.45, 2.75) is 24.1 Å². The Morgan fingerprint density at radius 1 is 1.10 bits per heavy atom. The van der Waals surface area contributed by atoms with E-state index in [2.05, 4.69) is 11.8 Å². The first-order chi connectivity index (χ1) is 9.57. The third-order valence-electron chi connectivity index (χ3n) is 3.59. The van der Waals surface area contributed by atoms with Gasteiger partial charge in [0.15, 0.2) is 0 Å². The molecule has 1 aromatic rings. The molecule has 0 unspecified atom stereocenters. The lowest BCUT2D eigenvalue weighted by atomic mass is 10.2. The van der Waals surface area contributed by atoms with Crippen molar-refractivity contribution in [2.24, 2.45) is 0 Å². The molecule has 0 atom stereocenters. The molecule has 6 heteroatoms. The Balaban J connectivity index is 2.07. The van der Waals surface area contributed by atoms with Crippen molar-refractivity contribution in [1.29, 1.82) is 0 Å². The van der Waals surface area contributed by atoms with Gasteiger partial charge in [-0.3, -0.25) is 0 Å². The fourth-order valence-electron chi connectivity index (χ4n) is 2.41. The molecule has 1 saturated heterocycles. The van der Waals surface area contributed by atoms with Crippen LogP contribution in [-0.4, -0.2) is 50.3 Å². The summed E-state index contributed by atoms with van der Waals surface area (Å²) in [5.41, 5.74) is 0.929. The van der Waals surface area contributed by atoms with Gasteiger partial charge in [-0.1, -0.05) is 19.1 Å². The average molecular weight is 317 g/mol. The fourth-order valence-corrected chi connectivity index (χ4v) is 4.01. The van der Waals surface area contributed by atoms with Crippen LogP contribution in [0, 0.1) is 0 Å². The molecule has 1 aromatic carbocycles. The van der Waals surface area contributed by atoms with E-state index in [4.69, 9.17) is 11.6 Å². The first-order valence-corrected chi connectivity index (χ1v) is 8.93. The smallest absolute Gasteiger partial charge is 0.243 e. The zero-order chi connectivity index (χ0) is 14.6. The van der Waals surface area contributed by atoms with Gasteiger partial charge in [0.25, 0.3) is 0 Å². The average Bonchev–Trinajstić information content (AvgIpc) is 2.48. The standard InChI is InChI=1S/C14H21ClN2O2S/c1-2-7-16-8-10-17(11-9-16)20(18,19)14-5-3-13(12-15)4-6-14/h3-6H,2,7-12H2,1H3. The van der Waals surface area contributed by atoms with Gasteiger partial charge >= 0.3 is 0 Å². The van der Waals surface area contributed by atoms with Crippen LogP contribution in [0.4, 0.5) is 0 Å². The minimum absolute atomic E-state index is 0.357. The molecule has 0 bridgehead atoms. The first-order valence-electron chi connectivity index (χ1n) is 6.95. The molecule has 0 amide bonds. The van der Waals surface area contributed by atoms with E-state index in [9.17, 15) is 8.42 Å². The quantitative estimate of drug-likeness (QED) is 0.782. The number of piperazine rings is 1. The molecule has 2 rings (SSSR count). The Morgan fingerprint density at radius 2 is 1.70 bits per heavy atom. The van der Waals surface area contributed by atoms with Crippen LogP contribution in [-0.2, 0) is 15.9 Å². The van der Waals surface area contributed by atoms with Gasteiger partial charge in [0.05, 0.1) is 4.90 Å². The van der Waals surface area contributed by atoms with Crippen LogP contribution < -0.4 is 0 Å². The Morgan fingerprint density at radius 3 is 2.20 bits per heavy atom. The maximum Gasteiger partial charge on any atom is 0.243 e. The lowest BCUT2D eigenvalue weighted by molar-refractivity contribution is 0.188.